The molecule has 0 unspecified atom stereocenters. The zero-order valence-electron chi connectivity index (χ0n) is 10.6. The standard InChI is InChI=1S/C3H3Br3O.C2H3BrO.2C2HCl3O/c4-3(5,6)1-2-7;3-1-2-4;2*3-2(4,5)1-6/h2H,1H2;2H,1H2;2*1H. The van der Waals surface area contributed by atoms with Crippen molar-refractivity contribution < 1.29 is 19.2 Å². The summed E-state index contributed by atoms with van der Waals surface area (Å²) in [5.74, 6) is 0. The first-order chi connectivity index (χ1) is 10.1. The molecule has 0 bridgehead atoms. The number of carbonyl (C=O) groups is 4. The average Bonchev–Trinajstić information content (AvgIpc) is 2.37. The minimum atomic E-state index is -1.72. The zero-order chi connectivity index (χ0) is 19.7. The number of rotatable bonds is 2. The van der Waals surface area contributed by atoms with Gasteiger partial charge in [0.2, 0.25) is 7.59 Å². The van der Waals surface area contributed by atoms with Crippen molar-refractivity contribution in [1.29, 1.82) is 0 Å². The van der Waals surface area contributed by atoms with Gasteiger partial charge in [0.05, 0.1) is 5.33 Å². The minimum Gasteiger partial charge on any atom is -0.303 e. The maximum Gasteiger partial charge on any atom is 0.245 e. The molecule has 0 aromatic carbocycles. The first-order valence-electron chi connectivity index (χ1n) is 4.66. The first kappa shape index (κ1) is 33.0. The fraction of sp³-hybridized carbons (Fsp3) is 0.556. The van der Waals surface area contributed by atoms with Crippen molar-refractivity contribution in [3.8, 4) is 0 Å². The Kier molecular flexibility index (Phi) is 27.4. The molecule has 0 aromatic heterocycles. The van der Waals surface area contributed by atoms with Crippen molar-refractivity contribution in [3.05, 3.63) is 0 Å². The van der Waals surface area contributed by atoms with Gasteiger partial charge in [0, 0.05) is 6.42 Å². The second-order valence-electron chi connectivity index (χ2n) is 2.63. The van der Waals surface area contributed by atoms with Gasteiger partial charge >= 0.3 is 0 Å². The van der Waals surface area contributed by atoms with Crippen LogP contribution in [-0.4, -0.2) is 40.2 Å². The SMILES string of the molecule is O=CC(Cl)(Cl)Cl.O=CC(Cl)(Cl)Cl.O=CCBr.O=CCC(Br)(Br)Br. The maximum absolute atomic E-state index is 9.73. The van der Waals surface area contributed by atoms with Gasteiger partial charge in [-0.25, -0.2) is 0 Å². The van der Waals surface area contributed by atoms with Gasteiger partial charge in [-0.15, -0.1) is 0 Å². The first-order valence-corrected chi connectivity index (χ1v) is 10.4. The Hall–Kier alpha value is 2.34. The van der Waals surface area contributed by atoms with Crippen molar-refractivity contribution in [2.75, 3.05) is 5.33 Å². The topological polar surface area (TPSA) is 68.3 Å². The van der Waals surface area contributed by atoms with Gasteiger partial charge in [0.15, 0.2) is 12.6 Å². The van der Waals surface area contributed by atoms with E-state index < -0.39 is 7.59 Å². The number of hydrogen-bond acceptors (Lipinski definition) is 4. The van der Waals surface area contributed by atoms with Crippen molar-refractivity contribution in [1.82, 2.24) is 0 Å². The lowest BCUT2D eigenvalue weighted by Crippen LogP contribution is -2.00. The molecule has 14 heteroatoms. The summed E-state index contributed by atoms with van der Waals surface area (Å²) in [5.41, 5.74) is 0. The molecular weight excluding hydrogens is 704 g/mol. The van der Waals surface area contributed by atoms with E-state index in [1.54, 1.807) is 0 Å². The Morgan fingerprint density at radius 3 is 0.913 bits per heavy atom. The Morgan fingerprint density at radius 1 is 0.696 bits per heavy atom. The van der Waals surface area contributed by atoms with E-state index >= 15 is 0 Å². The zero-order valence-corrected chi connectivity index (χ0v) is 21.5. The van der Waals surface area contributed by atoms with Gasteiger partial charge in [-0.05, 0) is 0 Å². The highest BCUT2D eigenvalue weighted by Crippen LogP contribution is 2.35. The van der Waals surface area contributed by atoms with E-state index in [1.807, 2.05) is 0 Å². The molecule has 138 valence electrons. The van der Waals surface area contributed by atoms with Crippen LogP contribution in [0.4, 0.5) is 0 Å². The minimum absolute atomic E-state index is 0.234. The normalized spacial score (nSPS) is 10.3. The van der Waals surface area contributed by atoms with Crippen LogP contribution in [0.2, 0.25) is 0 Å². The summed E-state index contributed by atoms with van der Waals surface area (Å²) in [7, 11) is 0. The van der Waals surface area contributed by atoms with Gasteiger partial charge in [-0.1, -0.05) is 133 Å². The smallest absolute Gasteiger partial charge is 0.245 e. The number of carbonyl (C=O) groups excluding carboxylic acids is 4. The summed E-state index contributed by atoms with van der Waals surface area (Å²) in [4.78, 5) is 37.7. The molecule has 0 radical (unpaired) electrons. The van der Waals surface area contributed by atoms with Crippen molar-refractivity contribution in [2.24, 2.45) is 0 Å². The van der Waals surface area contributed by atoms with Gasteiger partial charge in [-0.2, -0.15) is 0 Å². The highest BCUT2D eigenvalue weighted by Gasteiger charge is 2.16. The van der Waals surface area contributed by atoms with Crippen molar-refractivity contribution in [2.45, 2.75) is 16.1 Å². The van der Waals surface area contributed by atoms with Crippen LogP contribution >= 0.6 is 133 Å². The molecule has 0 atom stereocenters. The van der Waals surface area contributed by atoms with Crippen LogP contribution in [0.25, 0.3) is 0 Å². The second kappa shape index (κ2) is 19.1. The predicted molar refractivity (Wildman–Crippen MR) is 113 cm³/mol. The summed E-state index contributed by atoms with van der Waals surface area (Å²) in [6, 6.07) is 0. The molecule has 0 fully saturated rings. The summed E-state index contributed by atoms with van der Waals surface area (Å²) in [5, 5.41) is 0.451. The van der Waals surface area contributed by atoms with Crippen LogP contribution in [-0.2, 0) is 19.2 Å². The quantitative estimate of drug-likeness (QED) is 0.257. The molecule has 4 nitrogen and oxygen atoms in total. The van der Waals surface area contributed by atoms with Crippen molar-refractivity contribution >= 4 is 158 Å². The van der Waals surface area contributed by atoms with Crippen LogP contribution in [0, 0.1) is 0 Å². The highest BCUT2D eigenvalue weighted by molar-refractivity contribution is 9.39. The van der Waals surface area contributed by atoms with Crippen LogP contribution in [0.1, 0.15) is 6.42 Å². The molecule has 0 aliphatic carbocycles. The third-order valence-electron chi connectivity index (χ3n) is 0.645. The molecule has 0 saturated heterocycles. The molecule has 0 rings (SSSR count). The summed E-state index contributed by atoms with van der Waals surface area (Å²) in [6.07, 6.45) is 2.49. The molecule has 0 aromatic rings. The lowest BCUT2D eigenvalue weighted by molar-refractivity contribution is -0.108. The average molecular weight is 712 g/mol. The number of alkyl halides is 10. The van der Waals surface area contributed by atoms with Crippen LogP contribution < -0.4 is 0 Å². The van der Waals surface area contributed by atoms with E-state index in [0.29, 0.717) is 11.8 Å². The van der Waals surface area contributed by atoms with Gasteiger partial charge < -0.3 is 9.59 Å². The molecule has 0 aliphatic rings. The number of hydrogen-bond donors (Lipinski definition) is 0. The van der Waals surface area contributed by atoms with E-state index in [2.05, 4.69) is 63.7 Å². The monoisotopic (exact) mass is 706 g/mol. The third kappa shape index (κ3) is 68.3. The predicted octanol–water partition coefficient (Wildman–Crippen LogP) is 6.11. The van der Waals surface area contributed by atoms with Gasteiger partial charge in [0.25, 0.3) is 0 Å². The summed E-state index contributed by atoms with van der Waals surface area (Å²) < 4.78 is -3.82. The Labute approximate surface area is 197 Å². The molecule has 0 N–H and O–H groups in total. The highest BCUT2D eigenvalue weighted by atomic mass is 80.0. The lowest BCUT2D eigenvalue weighted by Gasteiger charge is -2.03. The van der Waals surface area contributed by atoms with E-state index in [9.17, 15) is 14.4 Å². The molecule has 0 amide bonds. The third-order valence-corrected chi connectivity index (χ3v) is 2.42. The molecule has 23 heavy (non-hydrogen) atoms. The fourth-order valence-electron chi connectivity index (χ4n) is 0.0945. The molecular formula is C9H8Br4Cl6O4. The maximum atomic E-state index is 9.73. The van der Waals surface area contributed by atoms with E-state index in [4.69, 9.17) is 74.4 Å². The van der Waals surface area contributed by atoms with Crippen LogP contribution in [0.15, 0.2) is 0 Å². The van der Waals surface area contributed by atoms with Crippen molar-refractivity contribution in [3.63, 3.8) is 0 Å². The van der Waals surface area contributed by atoms with E-state index in [-0.39, 0.29) is 14.7 Å². The van der Waals surface area contributed by atoms with Gasteiger partial charge in [0.1, 0.15) is 14.7 Å². The lowest BCUT2D eigenvalue weighted by atomic mass is 10.6. The largest absolute Gasteiger partial charge is 0.303 e. The van der Waals surface area contributed by atoms with E-state index in [1.165, 1.54) is 0 Å². The second-order valence-corrected chi connectivity index (χ2v) is 15.3. The molecule has 0 saturated carbocycles. The Balaban J connectivity index is -0.000000107. The summed E-state index contributed by atoms with van der Waals surface area (Å²) in [6.45, 7) is 0. The van der Waals surface area contributed by atoms with E-state index in [0.717, 1.165) is 12.6 Å². The summed E-state index contributed by atoms with van der Waals surface area (Å²) >= 11 is 41.6. The Bertz CT molecular complexity index is 309. The molecule has 0 aliphatic heterocycles. The fourth-order valence-corrected chi connectivity index (χ4v) is 0.491. The molecule has 0 spiro atoms. The van der Waals surface area contributed by atoms with Crippen LogP contribution in [0.3, 0.4) is 0 Å². The van der Waals surface area contributed by atoms with Crippen LogP contribution in [0.5, 0.6) is 0 Å². The van der Waals surface area contributed by atoms with Gasteiger partial charge in [-0.3, -0.25) is 9.59 Å². The molecule has 0 heterocycles. The number of aldehydes is 4. The Morgan fingerprint density at radius 2 is 0.913 bits per heavy atom. The number of halogens is 10.